The normalized spacial score (nSPS) is 10.3. The number of carbonyl (C=O) groups is 1. The first kappa shape index (κ1) is 10.5. The van der Waals surface area contributed by atoms with E-state index in [-0.39, 0.29) is 22.9 Å². The van der Waals surface area contributed by atoms with Crippen LogP contribution in [-0.4, -0.2) is 10.9 Å². The third-order valence-electron chi connectivity index (χ3n) is 2.46. The van der Waals surface area contributed by atoms with Gasteiger partial charge in [-0.3, -0.25) is 4.79 Å². The zero-order valence-corrected chi connectivity index (χ0v) is 8.93. The molecule has 2 rings (SSSR count). The van der Waals surface area contributed by atoms with Crippen LogP contribution < -0.4 is 0 Å². The van der Waals surface area contributed by atoms with Gasteiger partial charge in [0, 0.05) is 0 Å². The van der Waals surface area contributed by atoms with Gasteiger partial charge in [-0.05, 0) is 36.2 Å². The van der Waals surface area contributed by atoms with Crippen LogP contribution >= 0.6 is 0 Å². The van der Waals surface area contributed by atoms with Crippen molar-refractivity contribution in [3.8, 4) is 5.75 Å². The monoisotopic (exact) mass is 216 g/mol. The van der Waals surface area contributed by atoms with Crippen molar-refractivity contribution in [2.24, 2.45) is 0 Å². The Morgan fingerprint density at radius 3 is 2.81 bits per heavy atom. The molecule has 0 aliphatic rings. The van der Waals surface area contributed by atoms with Crippen molar-refractivity contribution < 1.29 is 14.3 Å². The molecule has 0 atom stereocenters. The van der Waals surface area contributed by atoms with Crippen LogP contribution in [0.2, 0.25) is 0 Å². The summed E-state index contributed by atoms with van der Waals surface area (Å²) >= 11 is 0. The Labute approximate surface area is 93.3 Å². The largest absolute Gasteiger partial charge is 0.507 e. The molecule has 0 fully saturated rings. The molecule has 3 nitrogen and oxygen atoms in total. The molecule has 0 unspecified atom stereocenters. The van der Waals surface area contributed by atoms with Crippen LogP contribution in [0.5, 0.6) is 5.75 Å². The van der Waals surface area contributed by atoms with E-state index >= 15 is 0 Å². The zero-order valence-electron chi connectivity index (χ0n) is 8.93. The van der Waals surface area contributed by atoms with E-state index in [1.54, 1.807) is 24.3 Å². The summed E-state index contributed by atoms with van der Waals surface area (Å²) in [6, 6.07) is 8.26. The van der Waals surface area contributed by atoms with E-state index in [9.17, 15) is 9.90 Å². The number of hydrogen-bond acceptors (Lipinski definition) is 3. The van der Waals surface area contributed by atoms with Gasteiger partial charge in [0.05, 0.1) is 11.8 Å². The maximum atomic E-state index is 11.9. The number of benzene rings is 1. The van der Waals surface area contributed by atoms with E-state index in [2.05, 4.69) is 0 Å². The first-order valence-corrected chi connectivity index (χ1v) is 5.12. The molecule has 2 aromatic rings. The lowest BCUT2D eigenvalue weighted by Gasteiger charge is -2.04. The Morgan fingerprint density at radius 2 is 2.19 bits per heavy atom. The van der Waals surface area contributed by atoms with Crippen molar-refractivity contribution in [3.63, 3.8) is 0 Å². The molecular formula is C13H12O3. The van der Waals surface area contributed by atoms with Crippen molar-refractivity contribution in [2.75, 3.05) is 0 Å². The number of carbonyl (C=O) groups excluding carboxylic acids is 1. The molecular weight excluding hydrogens is 204 g/mol. The van der Waals surface area contributed by atoms with Gasteiger partial charge in [0.2, 0.25) is 5.78 Å². The fourth-order valence-electron chi connectivity index (χ4n) is 1.53. The number of phenolic OH excluding ortho intramolecular Hbond substituents is 1. The minimum absolute atomic E-state index is 0.0152. The first-order valence-electron chi connectivity index (χ1n) is 5.12. The molecule has 0 aliphatic carbocycles. The predicted octanol–water partition coefficient (Wildman–Crippen LogP) is 2.78. The zero-order chi connectivity index (χ0) is 11.5. The standard InChI is InChI=1S/C13H12O3/c1-2-9-5-6-11(14)10(8-9)13(15)12-4-3-7-16-12/h3-8,14H,2H2,1H3. The topological polar surface area (TPSA) is 50.4 Å². The van der Waals surface area contributed by atoms with Crippen LogP contribution in [0.25, 0.3) is 0 Å². The summed E-state index contributed by atoms with van der Waals surface area (Å²) in [7, 11) is 0. The smallest absolute Gasteiger partial charge is 0.231 e. The molecule has 0 bridgehead atoms. The molecule has 0 saturated heterocycles. The number of aryl methyl sites for hydroxylation is 1. The van der Waals surface area contributed by atoms with E-state index in [0.29, 0.717) is 0 Å². The van der Waals surface area contributed by atoms with Crippen LogP contribution in [0.3, 0.4) is 0 Å². The van der Waals surface area contributed by atoms with Gasteiger partial charge in [-0.15, -0.1) is 0 Å². The number of rotatable bonds is 3. The predicted molar refractivity (Wildman–Crippen MR) is 59.6 cm³/mol. The third-order valence-corrected chi connectivity index (χ3v) is 2.46. The lowest BCUT2D eigenvalue weighted by Crippen LogP contribution is -2.01. The highest BCUT2D eigenvalue weighted by Crippen LogP contribution is 2.22. The summed E-state index contributed by atoms with van der Waals surface area (Å²) in [5.74, 6) is -0.0695. The summed E-state index contributed by atoms with van der Waals surface area (Å²) in [6.45, 7) is 1.99. The van der Waals surface area contributed by atoms with E-state index in [0.717, 1.165) is 12.0 Å². The highest BCUT2D eigenvalue weighted by atomic mass is 16.3. The SMILES string of the molecule is CCc1ccc(O)c(C(=O)c2ccco2)c1. The summed E-state index contributed by atoms with van der Waals surface area (Å²) in [6.07, 6.45) is 2.26. The van der Waals surface area contributed by atoms with Gasteiger partial charge in [-0.2, -0.15) is 0 Å². The Hall–Kier alpha value is -2.03. The van der Waals surface area contributed by atoms with Crippen molar-refractivity contribution in [3.05, 3.63) is 53.5 Å². The van der Waals surface area contributed by atoms with Gasteiger partial charge in [0.1, 0.15) is 5.75 Å². The van der Waals surface area contributed by atoms with Crippen molar-refractivity contribution in [2.45, 2.75) is 13.3 Å². The van der Waals surface area contributed by atoms with E-state index < -0.39 is 0 Å². The molecule has 0 saturated carbocycles. The second-order valence-corrected chi connectivity index (χ2v) is 3.51. The van der Waals surface area contributed by atoms with E-state index in [1.807, 2.05) is 6.92 Å². The molecule has 1 aromatic carbocycles. The van der Waals surface area contributed by atoms with Gasteiger partial charge < -0.3 is 9.52 Å². The average molecular weight is 216 g/mol. The summed E-state index contributed by atoms with van der Waals surface area (Å²) in [5, 5.41) is 9.64. The maximum Gasteiger partial charge on any atom is 0.231 e. The third kappa shape index (κ3) is 1.84. The molecule has 0 amide bonds. The minimum Gasteiger partial charge on any atom is -0.507 e. The highest BCUT2D eigenvalue weighted by molar-refractivity contribution is 6.08. The van der Waals surface area contributed by atoms with Gasteiger partial charge in [0.15, 0.2) is 5.76 Å². The number of hydrogen-bond donors (Lipinski definition) is 1. The lowest BCUT2D eigenvalue weighted by atomic mass is 10.0. The van der Waals surface area contributed by atoms with E-state index in [4.69, 9.17) is 4.42 Å². The summed E-state index contributed by atoms with van der Waals surface area (Å²) in [5.41, 5.74) is 1.29. The lowest BCUT2D eigenvalue weighted by molar-refractivity contribution is 0.101. The molecule has 1 heterocycles. The van der Waals surface area contributed by atoms with Crippen LogP contribution in [0.15, 0.2) is 41.0 Å². The summed E-state index contributed by atoms with van der Waals surface area (Å²) < 4.78 is 5.02. The average Bonchev–Trinajstić information content (AvgIpc) is 2.82. The van der Waals surface area contributed by atoms with Gasteiger partial charge in [-0.25, -0.2) is 0 Å². The second-order valence-electron chi connectivity index (χ2n) is 3.51. The van der Waals surface area contributed by atoms with Gasteiger partial charge >= 0.3 is 0 Å². The number of furan rings is 1. The maximum absolute atomic E-state index is 11.9. The molecule has 0 spiro atoms. The van der Waals surface area contributed by atoms with Gasteiger partial charge in [-0.1, -0.05) is 13.0 Å². The molecule has 1 aromatic heterocycles. The highest BCUT2D eigenvalue weighted by Gasteiger charge is 2.16. The number of aromatic hydroxyl groups is 1. The quantitative estimate of drug-likeness (QED) is 0.802. The molecule has 3 heteroatoms. The van der Waals surface area contributed by atoms with Crippen molar-refractivity contribution in [1.82, 2.24) is 0 Å². The van der Waals surface area contributed by atoms with Crippen LogP contribution in [0.1, 0.15) is 28.6 Å². The molecule has 16 heavy (non-hydrogen) atoms. The fourth-order valence-corrected chi connectivity index (χ4v) is 1.53. The molecule has 1 N–H and O–H groups in total. The number of phenols is 1. The fraction of sp³-hybridized carbons (Fsp3) is 0.154. The van der Waals surface area contributed by atoms with Gasteiger partial charge in [0.25, 0.3) is 0 Å². The second kappa shape index (κ2) is 4.23. The van der Waals surface area contributed by atoms with Crippen molar-refractivity contribution in [1.29, 1.82) is 0 Å². The van der Waals surface area contributed by atoms with Crippen LogP contribution in [-0.2, 0) is 6.42 Å². The number of ketones is 1. The van der Waals surface area contributed by atoms with Crippen molar-refractivity contribution >= 4 is 5.78 Å². The Bertz CT molecular complexity index is 498. The molecule has 0 aliphatic heterocycles. The molecule has 82 valence electrons. The van der Waals surface area contributed by atoms with Crippen LogP contribution in [0.4, 0.5) is 0 Å². The van der Waals surface area contributed by atoms with Crippen LogP contribution in [0, 0.1) is 0 Å². The Kier molecular flexibility index (Phi) is 2.77. The Balaban J connectivity index is 2.43. The first-order chi connectivity index (χ1) is 7.72. The van der Waals surface area contributed by atoms with E-state index in [1.165, 1.54) is 12.3 Å². The summed E-state index contributed by atoms with van der Waals surface area (Å²) in [4.78, 5) is 11.9. The molecule has 0 radical (unpaired) electrons. The Morgan fingerprint density at radius 1 is 1.38 bits per heavy atom. The minimum atomic E-state index is -0.294.